The van der Waals surface area contributed by atoms with Crippen molar-refractivity contribution in [1.29, 1.82) is 0 Å². The zero-order valence-corrected chi connectivity index (χ0v) is 10.7. The third-order valence-corrected chi connectivity index (χ3v) is 4.12. The van der Waals surface area contributed by atoms with Gasteiger partial charge < -0.3 is 5.32 Å². The minimum absolute atomic E-state index is 0.190. The third-order valence-electron chi connectivity index (χ3n) is 2.91. The van der Waals surface area contributed by atoms with Crippen LogP contribution in [0.5, 0.6) is 0 Å². The first-order valence-corrected chi connectivity index (χ1v) is 7.05. The summed E-state index contributed by atoms with van der Waals surface area (Å²) in [6.45, 7) is 0.476. The molecule has 1 aliphatic rings. The van der Waals surface area contributed by atoms with Crippen LogP contribution in [0.4, 0.5) is 10.1 Å². The van der Waals surface area contributed by atoms with E-state index in [4.69, 9.17) is 0 Å². The molecule has 2 rings (SSSR count). The standard InChI is InChI=1S/C12H15FN2O2S/c13-10-4-9(5-12(6-10)15(16)17)7-14-11-2-1-3-18-8-11/h4-6,11,14H,1-3,7-8H2. The van der Waals surface area contributed by atoms with Gasteiger partial charge in [0.1, 0.15) is 5.82 Å². The summed E-state index contributed by atoms with van der Waals surface area (Å²) in [5.74, 6) is 1.69. The number of nitrogens with one attached hydrogen (secondary N) is 1. The number of non-ortho nitro benzene ring substituents is 1. The second kappa shape index (κ2) is 6.15. The first-order chi connectivity index (χ1) is 8.65. The minimum Gasteiger partial charge on any atom is -0.309 e. The van der Waals surface area contributed by atoms with Gasteiger partial charge in [0.2, 0.25) is 0 Å². The lowest BCUT2D eigenvalue weighted by Gasteiger charge is -2.22. The van der Waals surface area contributed by atoms with Crippen molar-refractivity contribution in [3.8, 4) is 0 Å². The van der Waals surface area contributed by atoms with Crippen LogP contribution in [0.25, 0.3) is 0 Å². The van der Waals surface area contributed by atoms with Crippen LogP contribution in [-0.2, 0) is 6.54 Å². The number of thioether (sulfide) groups is 1. The molecule has 1 saturated heterocycles. The van der Waals surface area contributed by atoms with E-state index in [0.29, 0.717) is 18.2 Å². The molecule has 0 aliphatic carbocycles. The number of hydrogen-bond donors (Lipinski definition) is 1. The molecule has 0 amide bonds. The zero-order chi connectivity index (χ0) is 13.0. The number of nitrogens with zero attached hydrogens (tertiary/aromatic N) is 1. The van der Waals surface area contributed by atoms with E-state index in [1.54, 1.807) is 0 Å². The summed E-state index contributed by atoms with van der Waals surface area (Å²) in [4.78, 5) is 10.1. The SMILES string of the molecule is O=[N+]([O-])c1cc(F)cc(CNC2CCCSC2)c1. The average Bonchev–Trinajstić information content (AvgIpc) is 2.37. The third kappa shape index (κ3) is 3.68. The molecule has 1 unspecified atom stereocenters. The Morgan fingerprint density at radius 1 is 1.50 bits per heavy atom. The normalized spacial score (nSPS) is 19.7. The van der Waals surface area contributed by atoms with E-state index >= 15 is 0 Å². The maximum Gasteiger partial charge on any atom is 0.272 e. The lowest BCUT2D eigenvalue weighted by molar-refractivity contribution is -0.385. The molecule has 98 valence electrons. The summed E-state index contributed by atoms with van der Waals surface area (Å²) in [5.41, 5.74) is 0.432. The van der Waals surface area contributed by atoms with Gasteiger partial charge in [-0.3, -0.25) is 10.1 Å². The van der Waals surface area contributed by atoms with Crippen molar-refractivity contribution in [3.63, 3.8) is 0 Å². The van der Waals surface area contributed by atoms with E-state index in [2.05, 4.69) is 5.32 Å². The van der Waals surface area contributed by atoms with E-state index in [1.165, 1.54) is 24.3 Å². The molecule has 1 fully saturated rings. The molecule has 0 aromatic heterocycles. The number of rotatable bonds is 4. The van der Waals surface area contributed by atoms with Crippen molar-refractivity contribution in [3.05, 3.63) is 39.7 Å². The van der Waals surface area contributed by atoms with E-state index < -0.39 is 10.7 Å². The molecule has 1 aromatic rings. The Hall–Kier alpha value is -1.14. The minimum atomic E-state index is -0.566. The van der Waals surface area contributed by atoms with Crippen LogP contribution < -0.4 is 5.32 Å². The molecule has 1 aliphatic heterocycles. The molecule has 0 bridgehead atoms. The van der Waals surface area contributed by atoms with Gasteiger partial charge >= 0.3 is 0 Å². The Bertz CT molecular complexity index is 436. The summed E-state index contributed by atoms with van der Waals surface area (Å²) in [7, 11) is 0. The fourth-order valence-corrected chi connectivity index (χ4v) is 3.11. The maximum absolute atomic E-state index is 13.2. The smallest absolute Gasteiger partial charge is 0.272 e. The van der Waals surface area contributed by atoms with E-state index in [1.807, 2.05) is 11.8 Å². The number of hydrogen-bond acceptors (Lipinski definition) is 4. The van der Waals surface area contributed by atoms with Crippen LogP contribution >= 0.6 is 11.8 Å². The Balaban J connectivity index is 1.97. The Morgan fingerprint density at radius 2 is 2.33 bits per heavy atom. The van der Waals surface area contributed by atoms with Gasteiger partial charge in [-0.05, 0) is 30.2 Å². The van der Waals surface area contributed by atoms with E-state index in [0.717, 1.165) is 18.2 Å². The lowest BCUT2D eigenvalue weighted by Crippen LogP contribution is -2.33. The zero-order valence-electron chi connectivity index (χ0n) is 9.89. The van der Waals surface area contributed by atoms with Gasteiger partial charge in [0.05, 0.1) is 11.0 Å². The van der Waals surface area contributed by atoms with Gasteiger partial charge in [-0.1, -0.05) is 0 Å². The molecule has 18 heavy (non-hydrogen) atoms. The van der Waals surface area contributed by atoms with E-state index in [9.17, 15) is 14.5 Å². The van der Waals surface area contributed by atoms with Gasteiger partial charge in [-0.25, -0.2) is 4.39 Å². The number of nitro groups is 1. The lowest BCUT2D eigenvalue weighted by atomic mass is 10.1. The molecule has 0 spiro atoms. The fourth-order valence-electron chi connectivity index (χ4n) is 2.00. The molecule has 1 heterocycles. The molecule has 1 aromatic carbocycles. The molecular weight excluding hydrogens is 255 g/mol. The van der Waals surface area contributed by atoms with Crippen LogP contribution in [0.2, 0.25) is 0 Å². The van der Waals surface area contributed by atoms with Gasteiger partial charge in [-0.15, -0.1) is 0 Å². The van der Waals surface area contributed by atoms with Crippen molar-refractivity contribution in [2.24, 2.45) is 0 Å². The second-order valence-corrected chi connectivity index (χ2v) is 5.52. The highest BCUT2D eigenvalue weighted by Gasteiger charge is 2.14. The quantitative estimate of drug-likeness (QED) is 0.675. The van der Waals surface area contributed by atoms with Gasteiger partial charge in [0.25, 0.3) is 5.69 Å². The van der Waals surface area contributed by atoms with Crippen LogP contribution in [0.3, 0.4) is 0 Å². The topological polar surface area (TPSA) is 55.2 Å². The monoisotopic (exact) mass is 270 g/mol. The largest absolute Gasteiger partial charge is 0.309 e. The van der Waals surface area contributed by atoms with E-state index in [-0.39, 0.29) is 5.69 Å². The van der Waals surface area contributed by atoms with Crippen molar-refractivity contribution >= 4 is 17.4 Å². The predicted molar refractivity (Wildman–Crippen MR) is 70.2 cm³/mol. The predicted octanol–water partition coefficient (Wildman–Crippen LogP) is 2.72. The summed E-state index contributed by atoms with van der Waals surface area (Å²) < 4.78 is 13.2. The highest BCUT2D eigenvalue weighted by Crippen LogP contribution is 2.19. The molecule has 0 radical (unpaired) electrons. The summed E-state index contributed by atoms with van der Waals surface area (Å²) in [6, 6.07) is 4.13. The molecule has 4 nitrogen and oxygen atoms in total. The van der Waals surface area contributed by atoms with Gasteiger partial charge in [0, 0.05) is 24.4 Å². The molecular formula is C12H15FN2O2S. The summed E-state index contributed by atoms with van der Waals surface area (Å²) >= 11 is 1.90. The average molecular weight is 270 g/mol. The van der Waals surface area contributed by atoms with Crippen molar-refractivity contribution in [1.82, 2.24) is 5.32 Å². The summed E-state index contributed by atoms with van der Waals surface area (Å²) in [6.07, 6.45) is 2.30. The van der Waals surface area contributed by atoms with Gasteiger partial charge in [-0.2, -0.15) is 11.8 Å². The van der Waals surface area contributed by atoms with Crippen molar-refractivity contribution in [2.45, 2.75) is 25.4 Å². The van der Waals surface area contributed by atoms with Crippen molar-refractivity contribution < 1.29 is 9.31 Å². The van der Waals surface area contributed by atoms with Crippen LogP contribution in [0, 0.1) is 15.9 Å². The Labute approximate surface area is 109 Å². The molecule has 0 saturated carbocycles. The number of halogens is 1. The fraction of sp³-hybridized carbons (Fsp3) is 0.500. The number of benzene rings is 1. The van der Waals surface area contributed by atoms with Gasteiger partial charge in [0.15, 0.2) is 0 Å². The Kier molecular flexibility index (Phi) is 4.54. The van der Waals surface area contributed by atoms with Crippen LogP contribution in [0.15, 0.2) is 18.2 Å². The molecule has 1 N–H and O–H groups in total. The van der Waals surface area contributed by atoms with Crippen LogP contribution in [0.1, 0.15) is 18.4 Å². The highest BCUT2D eigenvalue weighted by atomic mass is 32.2. The van der Waals surface area contributed by atoms with Crippen LogP contribution in [-0.4, -0.2) is 22.5 Å². The second-order valence-electron chi connectivity index (χ2n) is 4.37. The first kappa shape index (κ1) is 13.3. The number of nitro benzene ring substituents is 1. The van der Waals surface area contributed by atoms with Crippen molar-refractivity contribution in [2.75, 3.05) is 11.5 Å². The molecule has 6 heteroatoms. The Morgan fingerprint density at radius 3 is 3.00 bits per heavy atom. The highest BCUT2D eigenvalue weighted by molar-refractivity contribution is 7.99. The summed E-state index contributed by atoms with van der Waals surface area (Å²) in [5, 5.41) is 13.9. The maximum atomic E-state index is 13.2. The molecule has 1 atom stereocenters. The first-order valence-electron chi connectivity index (χ1n) is 5.90.